The molecule has 5 heteroatoms. The fourth-order valence-electron chi connectivity index (χ4n) is 3.10. The summed E-state index contributed by atoms with van der Waals surface area (Å²) in [7, 11) is 0. The van der Waals surface area contributed by atoms with Crippen molar-refractivity contribution in [2.24, 2.45) is 0 Å². The first-order valence-electron chi connectivity index (χ1n) is 7.72. The molecule has 0 spiro atoms. The van der Waals surface area contributed by atoms with Crippen molar-refractivity contribution in [2.45, 2.75) is 26.1 Å². The number of halogens is 2. The lowest BCUT2D eigenvalue weighted by Gasteiger charge is -2.36. The van der Waals surface area contributed by atoms with Gasteiger partial charge in [-0.1, -0.05) is 59.6 Å². The van der Waals surface area contributed by atoms with Crippen molar-refractivity contribution in [3.05, 3.63) is 81.0 Å². The largest absolute Gasteiger partial charge is 0.369 e. The molecule has 3 nitrogen and oxygen atoms in total. The zero-order valence-corrected chi connectivity index (χ0v) is 14.9. The van der Waals surface area contributed by atoms with E-state index < -0.39 is 0 Å². The maximum absolute atomic E-state index is 12.2. The van der Waals surface area contributed by atoms with E-state index in [1.54, 1.807) is 6.92 Å². The van der Waals surface area contributed by atoms with Crippen LogP contribution in [0.5, 0.6) is 0 Å². The Balaban J connectivity index is 2.08. The van der Waals surface area contributed by atoms with Crippen LogP contribution in [0.4, 0.5) is 0 Å². The summed E-state index contributed by atoms with van der Waals surface area (Å²) in [5.74, 6) is 0.00929. The molecule has 0 aromatic heterocycles. The number of benzene rings is 2. The van der Waals surface area contributed by atoms with E-state index in [-0.39, 0.29) is 18.0 Å². The lowest BCUT2D eigenvalue weighted by molar-refractivity contribution is -0.114. The zero-order chi connectivity index (χ0) is 17.3. The summed E-state index contributed by atoms with van der Waals surface area (Å²) >= 11 is 12.7. The molecular formula is C19H18Cl2N2O. The Bertz CT molecular complexity index is 817. The predicted molar refractivity (Wildman–Crippen MR) is 98.0 cm³/mol. The van der Waals surface area contributed by atoms with Crippen LogP contribution in [0.3, 0.4) is 0 Å². The minimum Gasteiger partial charge on any atom is -0.369 e. The molecule has 0 radical (unpaired) electrons. The number of carbonyl (C=O) groups excluding carboxylic acids is 1. The number of allylic oxidation sites excluding steroid dienone is 1. The van der Waals surface area contributed by atoms with Crippen LogP contribution in [0.1, 0.15) is 37.2 Å². The van der Waals surface area contributed by atoms with E-state index in [9.17, 15) is 4.79 Å². The number of carbonyl (C=O) groups is 1. The van der Waals surface area contributed by atoms with Crippen molar-refractivity contribution < 1.29 is 4.79 Å². The second-order valence-electron chi connectivity index (χ2n) is 5.81. The highest BCUT2D eigenvalue weighted by molar-refractivity contribution is 6.31. The Labute approximate surface area is 151 Å². The second kappa shape index (κ2) is 6.98. The summed E-state index contributed by atoms with van der Waals surface area (Å²) in [6.07, 6.45) is -0.205. The van der Waals surface area contributed by atoms with E-state index in [1.807, 2.05) is 55.5 Å². The fourth-order valence-corrected chi connectivity index (χ4v) is 3.59. The molecule has 1 heterocycles. The average Bonchev–Trinajstić information content (AvgIpc) is 2.54. The molecule has 0 aliphatic carbocycles. The minimum absolute atomic E-state index is 0.00929. The molecule has 2 N–H and O–H groups in total. The second-order valence-corrected chi connectivity index (χ2v) is 6.63. The van der Waals surface area contributed by atoms with E-state index in [0.717, 1.165) is 16.8 Å². The quantitative estimate of drug-likeness (QED) is 0.826. The van der Waals surface area contributed by atoms with E-state index in [1.165, 1.54) is 0 Å². The van der Waals surface area contributed by atoms with Crippen LogP contribution in [0.2, 0.25) is 10.0 Å². The third kappa shape index (κ3) is 3.20. The molecule has 1 aliphatic rings. The first-order chi connectivity index (χ1) is 11.5. The topological polar surface area (TPSA) is 41.1 Å². The molecule has 2 aromatic carbocycles. The maximum Gasteiger partial charge on any atom is 0.159 e. The van der Waals surface area contributed by atoms with Gasteiger partial charge in [-0.25, -0.2) is 0 Å². The monoisotopic (exact) mass is 360 g/mol. The molecule has 1 aliphatic heterocycles. The first kappa shape index (κ1) is 17.0. The zero-order valence-electron chi connectivity index (χ0n) is 13.4. The number of Topliss-reactive ketones (excluding diaryl/α,β-unsaturated/α-hetero) is 1. The van der Waals surface area contributed by atoms with E-state index in [0.29, 0.717) is 15.6 Å². The van der Waals surface area contributed by atoms with E-state index in [4.69, 9.17) is 23.2 Å². The normalized spacial score (nSPS) is 20.7. The average molecular weight is 361 g/mol. The molecule has 2 aromatic rings. The number of hydrogen-bond acceptors (Lipinski definition) is 3. The highest BCUT2D eigenvalue weighted by Gasteiger charge is 2.32. The Morgan fingerprint density at radius 2 is 1.50 bits per heavy atom. The molecule has 24 heavy (non-hydrogen) atoms. The Hall–Kier alpha value is -1.81. The van der Waals surface area contributed by atoms with Gasteiger partial charge < -0.3 is 5.32 Å². The van der Waals surface area contributed by atoms with Crippen LogP contribution in [-0.4, -0.2) is 5.78 Å². The van der Waals surface area contributed by atoms with Gasteiger partial charge in [-0.05, 0) is 31.5 Å². The number of ketones is 1. The van der Waals surface area contributed by atoms with Gasteiger partial charge in [0, 0.05) is 26.9 Å². The molecule has 0 amide bonds. The standard InChI is InChI=1S/C19H18Cl2N2O/c1-11-17(12(2)24)18(13-7-3-5-9-15(13)20)23-19(22-11)14-8-4-6-10-16(14)21/h3-10,18-19,22-23H,1-2H3/t18-,19-/m0/s1. The lowest BCUT2D eigenvalue weighted by atomic mass is 9.91. The van der Waals surface area contributed by atoms with Gasteiger partial charge in [0.05, 0.1) is 6.04 Å². The Morgan fingerprint density at radius 1 is 0.958 bits per heavy atom. The maximum atomic E-state index is 12.2. The van der Waals surface area contributed by atoms with Gasteiger partial charge in [0.15, 0.2) is 5.78 Å². The van der Waals surface area contributed by atoms with Crippen molar-refractivity contribution in [3.8, 4) is 0 Å². The molecule has 0 saturated carbocycles. The predicted octanol–water partition coefficient (Wildman–Crippen LogP) is 4.79. The Kier molecular flexibility index (Phi) is 4.95. The van der Waals surface area contributed by atoms with Crippen molar-refractivity contribution >= 4 is 29.0 Å². The van der Waals surface area contributed by atoms with Crippen molar-refractivity contribution in [1.82, 2.24) is 10.6 Å². The summed E-state index contributed by atoms with van der Waals surface area (Å²) in [4.78, 5) is 12.2. The SMILES string of the molecule is CC(=O)C1=C(C)N[C@H](c2ccccc2Cl)N[C@H]1c1ccccc1Cl. The van der Waals surface area contributed by atoms with Crippen molar-refractivity contribution in [1.29, 1.82) is 0 Å². The third-order valence-electron chi connectivity index (χ3n) is 4.20. The van der Waals surface area contributed by atoms with Crippen LogP contribution >= 0.6 is 23.2 Å². The lowest BCUT2D eigenvalue weighted by Crippen LogP contribution is -2.43. The molecule has 3 rings (SSSR count). The van der Waals surface area contributed by atoms with Crippen molar-refractivity contribution in [2.75, 3.05) is 0 Å². The number of nitrogens with one attached hydrogen (secondary N) is 2. The van der Waals surface area contributed by atoms with Crippen LogP contribution in [0.15, 0.2) is 59.8 Å². The molecular weight excluding hydrogens is 343 g/mol. The summed E-state index contributed by atoms with van der Waals surface area (Å²) in [6, 6.07) is 14.9. The van der Waals surface area contributed by atoms with E-state index in [2.05, 4.69) is 10.6 Å². The van der Waals surface area contributed by atoms with Gasteiger partial charge in [0.25, 0.3) is 0 Å². The van der Waals surface area contributed by atoms with Gasteiger partial charge in [-0.2, -0.15) is 0 Å². The highest BCUT2D eigenvalue weighted by atomic mass is 35.5. The molecule has 2 atom stereocenters. The highest BCUT2D eigenvalue weighted by Crippen LogP contribution is 2.36. The first-order valence-corrected chi connectivity index (χ1v) is 8.47. The molecule has 124 valence electrons. The smallest absolute Gasteiger partial charge is 0.159 e. The molecule has 0 fully saturated rings. The van der Waals surface area contributed by atoms with Gasteiger partial charge in [0.2, 0.25) is 0 Å². The van der Waals surface area contributed by atoms with Gasteiger partial charge in [0.1, 0.15) is 6.17 Å². The summed E-state index contributed by atoms with van der Waals surface area (Å²) in [5, 5.41) is 8.11. The van der Waals surface area contributed by atoms with Gasteiger partial charge in [-0.15, -0.1) is 0 Å². The third-order valence-corrected chi connectivity index (χ3v) is 4.89. The summed E-state index contributed by atoms with van der Waals surface area (Å²) in [5.41, 5.74) is 3.32. The van der Waals surface area contributed by atoms with Gasteiger partial charge >= 0.3 is 0 Å². The molecule has 0 unspecified atom stereocenters. The number of rotatable bonds is 3. The fraction of sp³-hybridized carbons (Fsp3) is 0.211. The van der Waals surface area contributed by atoms with E-state index >= 15 is 0 Å². The number of hydrogen-bond donors (Lipinski definition) is 2. The van der Waals surface area contributed by atoms with Crippen LogP contribution in [0, 0.1) is 0 Å². The molecule has 0 saturated heterocycles. The summed E-state index contributed by atoms with van der Waals surface area (Å²) < 4.78 is 0. The van der Waals surface area contributed by atoms with Crippen LogP contribution in [0.25, 0.3) is 0 Å². The summed E-state index contributed by atoms with van der Waals surface area (Å²) in [6.45, 7) is 3.48. The minimum atomic E-state index is -0.293. The van der Waals surface area contributed by atoms with Crippen LogP contribution < -0.4 is 10.6 Å². The van der Waals surface area contributed by atoms with Gasteiger partial charge in [-0.3, -0.25) is 10.1 Å². The Morgan fingerprint density at radius 3 is 2.04 bits per heavy atom. The van der Waals surface area contributed by atoms with Crippen LogP contribution in [-0.2, 0) is 4.79 Å². The molecule has 0 bridgehead atoms. The van der Waals surface area contributed by atoms with Crippen molar-refractivity contribution in [3.63, 3.8) is 0 Å².